The van der Waals surface area contributed by atoms with Crippen molar-refractivity contribution < 1.29 is 0 Å². The van der Waals surface area contributed by atoms with Crippen molar-refractivity contribution in [3.05, 3.63) is 58.6 Å². The van der Waals surface area contributed by atoms with Crippen LogP contribution in [-0.4, -0.2) is 11.0 Å². The van der Waals surface area contributed by atoms with Gasteiger partial charge >= 0.3 is 0 Å². The Balaban J connectivity index is 1.82. The monoisotopic (exact) mass is 360 g/mol. The third-order valence-electron chi connectivity index (χ3n) is 3.30. The summed E-state index contributed by atoms with van der Waals surface area (Å²) in [6, 6.07) is 17.2. The normalized spacial score (nSPS) is 12.7. The zero-order valence-electron chi connectivity index (χ0n) is 11.8. The lowest BCUT2D eigenvalue weighted by Gasteiger charge is -2.09. The Morgan fingerprint density at radius 3 is 2.71 bits per heavy atom. The zero-order chi connectivity index (χ0) is 14.8. The number of nitrogens with two attached hydrogens (primary N) is 1. The second-order valence-electron chi connectivity index (χ2n) is 5.26. The molecular formula is C17H17BrN2S. The fourth-order valence-electron chi connectivity index (χ4n) is 2.33. The van der Waals surface area contributed by atoms with Crippen molar-refractivity contribution in [2.45, 2.75) is 29.3 Å². The second kappa shape index (κ2) is 6.26. The van der Waals surface area contributed by atoms with Crippen molar-refractivity contribution in [2.24, 2.45) is 5.73 Å². The molecule has 0 aliphatic heterocycles. The first-order chi connectivity index (χ1) is 10.1. The van der Waals surface area contributed by atoms with Crippen LogP contribution < -0.4 is 5.73 Å². The molecule has 4 heteroatoms. The van der Waals surface area contributed by atoms with E-state index in [1.54, 1.807) is 11.8 Å². The molecule has 1 aromatic heterocycles. The molecule has 1 atom stereocenters. The average Bonchev–Trinajstić information content (AvgIpc) is 2.83. The molecule has 1 unspecified atom stereocenters. The Kier molecular flexibility index (Phi) is 4.38. The van der Waals surface area contributed by atoms with E-state index in [-0.39, 0.29) is 6.04 Å². The number of benzene rings is 2. The fourth-order valence-corrected chi connectivity index (χ4v) is 3.94. The molecule has 0 bridgehead atoms. The summed E-state index contributed by atoms with van der Waals surface area (Å²) in [6.07, 6.45) is 0.887. The molecule has 0 radical (unpaired) electrons. The van der Waals surface area contributed by atoms with Crippen LogP contribution in [0.4, 0.5) is 0 Å². The van der Waals surface area contributed by atoms with Crippen LogP contribution in [0.5, 0.6) is 0 Å². The van der Waals surface area contributed by atoms with Crippen LogP contribution in [0.3, 0.4) is 0 Å². The lowest BCUT2D eigenvalue weighted by Crippen LogP contribution is -2.17. The number of rotatable bonds is 4. The summed E-state index contributed by atoms with van der Waals surface area (Å²) in [7, 11) is 0. The van der Waals surface area contributed by atoms with E-state index in [4.69, 9.17) is 5.73 Å². The molecule has 0 amide bonds. The molecular weight excluding hydrogens is 344 g/mol. The summed E-state index contributed by atoms with van der Waals surface area (Å²) in [5.74, 6) is 0. The van der Waals surface area contributed by atoms with Crippen molar-refractivity contribution in [1.29, 1.82) is 0 Å². The smallest absolute Gasteiger partial charge is 0.0780 e. The highest BCUT2D eigenvalue weighted by atomic mass is 79.9. The first kappa shape index (κ1) is 14.7. The van der Waals surface area contributed by atoms with Crippen LogP contribution in [0.1, 0.15) is 12.5 Å². The summed E-state index contributed by atoms with van der Waals surface area (Å²) in [6.45, 7) is 2.03. The molecule has 0 saturated heterocycles. The van der Waals surface area contributed by atoms with E-state index in [9.17, 15) is 0 Å². The van der Waals surface area contributed by atoms with E-state index in [2.05, 4.69) is 63.4 Å². The van der Waals surface area contributed by atoms with Gasteiger partial charge in [0.2, 0.25) is 0 Å². The maximum absolute atomic E-state index is 5.87. The number of hydrogen-bond donors (Lipinski definition) is 2. The summed E-state index contributed by atoms with van der Waals surface area (Å²) in [5, 5.41) is 2.40. The number of fused-ring (bicyclic) bond motifs is 1. The highest BCUT2D eigenvalue weighted by Gasteiger charge is 2.07. The van der Waals surface area contributed by atoms with Gasteiger partial charge in [0.25, 0.3) is 0 Å². The summed E-state index contributed by atoms with van der Waals surface area (Å²) in [4.78, 5) is 4.65. The molecule has 3 rings (SSSR count). The van der Waals surface area contributed by atoms with Crippen LogP contribution >= 0.6 is 27.7 Å². The van der Waals surface area contributed by atoms with Crippen LogP contribution in [-0.2, 0) is 6.42 Å². The molecule has 2 aromatic carbocycles. The number of para-hydroxylation sites is 1. The minimum atomic E-state index is 0.175. The minimum Gasteiger partial charge on any atom is -0.349 e. The van der Waals surface area contributed by atoms with Crippen molar-refractivity contribution in [2.75, 3.05) is 0 Å². The van der Waals surface area contributed by atoms with Crippen molar-refractivity contribution in [3.8, 4) is 0 Å². The van der Waals surface area contributed by atoms with E-state index < -0.39 is 0 Å². The molecule has 3 aromatic rings. The Labute approximate surface area is 137 Å². The Morgan fingerprint density at radius 2 is 2.00 bits per heavy atom. The molecule has 3 N–H and O–H groups in total. The first-order valence-corrected chi connectivity index (χ1v) is 8.52. The number of halogens is 1. The van der Waals surface area contributed by atoms with Gasteiger partial charge in [-0.2, -0.15) is 0 Å². The number of H-pyrrole nitrogens is 1. The van der Waals surface area contributed by atoms with Gasteiger partial charge in [-0.05, 0) is 43.2 Å². The van der Waals surface area contributed by atoms with Crippen LogP contribution in [0.25, 0.3) is 10.9 Å². The van der Waals surface area contributed by atoms with Crippen molar-refractivity contribution in [3.63, 3.8) is 0 Å². The van der Waals surface area contributed by atoms with Gasteiger partial charge in [0, 0.05) is 26.3 Å². The highest BCUT2D eigenvalue weighted by Crippen LogP contribution is 2.32. The molecule has 2 nitrogen and oxygen atoms in total. The third-order valence-corrected chi connectivity index (χ3v) is 4.97. The van der Waals surface area contributed by atoms with Gasteiger partial charge < -0.3 is 10.7 Å². The van der Waals surface area contributed by atoms with E-state index in [0.29, 0.717) is 0 Å². The lowest BCUT2D eigenvalue weighted by molar-refractivity contribution is 0.735. The molecule has 0 saturated carbocycles. The largest absolute Gasteiger partial charge is 0.349 e. The van der Waals surface area contributed by atoms with Gasteiger partial charge in [0.05, 0.1) is 5.03 Å². The molecule has 0 spiro atoms. The Hall–Kier alpha value is -1.23. The fraction of sp³-hybridized carbons (Fsp3) is 0.176. The predicted octanol–water partition coefficient (Wildman–Crippen LogP) is 4.97. The van der Waals surface area contributed by atoms with Gasteiger partial charge in [0.15, 0.2) is 0 Å². The summed E-state index contributed by atoms with van der Waals surface area (Å²) in [5.41, 5.74) is 8.30. The van der Waals surface area contributed by atoms with Gasteiger partial charge in [-0.15, -0.1) is 0 Å². The Bertz CT molecular complexity index is 731. The summed E-state index contributed by atoms with van der Waals surface area (Å²) < 4.78 is 1.13. The first-order valence-electron chi connectivity index (χ1n) is 6.91. The van der Waals surface area contributed by atoms with E-state index in [0.717, 1.165) is 15.9 Å². The van der Waals surface area contributed by atoms with E-state index in [1.807, 2.05) is 13.0 Å². The molecule has 0 aliphatic carbocycles. The minimum absolute atomic E-state index is 0.175. The molecule has 108 valence electrons. The number of aromatic nitrogens is 1. The quantitative estimate of drug-likeness (QED) is 0.689. The number of aromatic amines is 1. The van der Waals surface area contributed by atoms with Crippen molar-refractivity contribution in [1.82, 2.24) is 4.98 Å². The topological polar surface area (TPSA) is 41.8 Å². The predicted molar refractivity (Wildman–Crippen MR) is 93.9 cm³/mol. The van der Waals surface area contributed by atoms with Gasteiger partial charge in [-0.3, -0.25) is 0 Å². The van der Waals surface area contributed by atoms with Crippen molar-refractivity contribution >= 4 is 38.6 Å². The molecule has 21 heavy (non-hydrogen) atoms. The number of nitrogens with one attached hydrogen (secondary N) is 1. The standard InChI is InChI=1S/C17H17BrN2S/c1-11(19)8-12-6-7-14(10-15(12)18)21-17-9-13-4-2-3-5-16(13)20-17/h2-7,9-11,20H,8,19H2,1H3. The maximum atomic E-state index is 5.87. The van der Waals surface area contributed by atoms with Gasteiger partial charge in [-0.1, -0.05) is 52.0 Å². The maximum Gasteiger partial charge on any atom is 0.0780 e. The van der Waals surface area contributed by atoms with Crippen LogP contribution in [0.15, 0.2) is 62.9 Å². The SMILES string of the molecule is CC(N)Cc1ccc(Sc2cc3ccccc3[nH]2)cc1Br. The highest BCUT2D eigenvalue weighted by molar-refractivity contribution is 9.10. The molecule has 1 heterocycles. The molecule has 0 fully saturated rings. The zero-order valence-corrected chi connectivity index (χ0v) is 14.2. The average molecular weight is 361 g/mol. The van der Waals surface area contributed by atoms with Gasteiger partial charge in [-0.25, -0.2) is 0 Å². The van der Waals surface area contributed by atoms with Crippen LogP contribution in [0, 0.1) is 0 Å². The van der Waals surface area contributed by atoms with Gasteiger partial charge in [0.1, 0.15) is 0 Å². The summed E-state index contributed by atoms with van der Waals surface area (Å²) >= 11 is 5.38. The second-order valence-corrected chi connectivity index (χ2v) is 7.23. The van der Waals surface area contributed by atoms with Crippen LogP contribution in [0.2, 0.25) is 0 Å². The Morgan fingerprint density at radius 1 is 1.19 bits per heavy atom. The van der Waals surface area contributed by atoms with E-state index >= 15 is 0 Å². The number of hydrogen-bond acceptors (Lipinski definition) is 2. The third kappa shape index (κ3) is 3.51. The van der Waals surface area contributed by atoms with E-state index in [1.165, 1.54) is 21.4 Å². The molecule has 0 aliphatic rings. The lowest BCUT2D eigenvalue weighted by atomic mass is 10.1.